The van der Waals surface area contributed by atoms with Crippen LogP contribution >= 0.6 is 0 Å². The van der Waals surface area contributed by atoms with Crippen molar-refractivity contribution in [3.63, 3.8) is 0 Å². The summed E-state index contributed by atoms with van der Waals surface area (Å²) in [7, 11) is 0. The Hall–Kier alpha value is -8.35. The molecule has 1 aliphatic heterocycles. The summed E-state index contributed by atoms with van der Waals surface area (Å²) in [5, 5.41) is 3.22. The van der Waals surface area contributed by atoms with Crippen LogP contribution in [0.3, 0.4) is 0 Å². The molecule has 0 unspecified atom stereocenters. The number of para-hydroxylation sites is 4. The fourth-order valence-corrected chi connectivity index (χ4v) is 9.56. The highest BCUT2D eigenvalue weighted by molar-refractivity contribution is 6.10. The molecule has 0 fully saturated rings. The van der Waals surface area contributed by atoms with Crippen molar-refractivity contribution in [1.82, 2.24) is 19.5 Å². The smallest absolute Gasteiger partial charge is 0.234 e. The van der Waals surface area contributed by atoms with Crippen LogP contribution in [0.4, 0.5) is 11.6 Å². The fraction of sp³-hybridized carbons (Fsp3) is 0.0517. The first-order chi connectivity index (χ1) is 31.7. The summed E-state index contributed by atoms with van der Waals surface area (Å²) in [5.74, 6) is 1.62. The summed E-state index contributed by atoms with van der Waals surface area (Å²) in [6.07, 6.45) is 11.1. The third-order valence-electron chi connectivity index (χ3n) is 12.5. The molecule has 6 nitrogen and oxygen atoms in total. The van der Waals surface area contributed by atoms with Crippen LogP contribution in [0.1, 0.15) is 35.2 Å². The predicted molar refractivity (Wildman–Crippen MR) is 264 cm³/mol. The van der Waals surface area contributed by atoms with E-state index in [4.69, 9.17) is 19.4 Å². The lowest BCUT2D eigenvalue weighted by molar-refractivity contribution is 0.669. The van der Waals surface area contributed by atoms with E-state index < -0.39 is 0 Å². The van der Waals surface area contributed by atoms with Crippen LogP contribution in [0, 0.1) is 0 Å². The maximum Gasteiger partial charge on any atom is 0.234 e. The Balaban J connectivity index is 1.10. The molecule has 0 atom stereocenters. The predicted octanol–water partition coefficient (Wildman–Crippen LogP) is 14.8. The van der Waals surface area contributed by atoms with Crippen molar-refractivity contribution in [3.8, 4) is 33.9 Å². The molecule has 6 heteroatoms. The quantitative estimate of drug-likeness (QED) is 0.167. The van der Waals surface area contributed by atoms with Crippen LogP contribution in [0.5, 0.6) is 0 Å². The Labute approximate surface area is 371 Å². The Morgan fingerprint density at radius 3 is 1.98 bits per heavy atom. The van der Waals surface area contributed by atoms with Gasteiger partial charge in [0.2, 0.25) is 5.95 Å². The third kappa shape index (κ3) is 6.30. The molecule has 0 radical (unpaired) electrons. The summed E-state index contributed by atoms with van der Waals surface area (Å²) in [4.78, 5) is 18.3. The summed E-state index contributed by atoms with van der Waals surface area (Å²) in [6, 6.07) is 61.2. The summed E-state index contributed by atoms with van der Waals surface area (Å²) >= 11 is 0. The lowest BCUT2D eigenvalue weighted by Gasteiger charge is -2.28. The van der Waals surface area contributed by atoms with Crippen LogP contribution in [0.2, 0.25) is 0 Å². The van der Waals surface area contributed by atoms with E-state index in [2.05, 4.69) is 174 Å². The first kappa shape index (κ1) is 37.4. The van der Waals surface area contributed by atoms with Crippen molar-refractivity contribution in [3.05, 3.63) is 223 Å². The van der Waals surface area contributed by atoms with Gasteiger partial charge in [0.1, 0.15) is 11.2 Å². The van der Waals surface area contributed by atoms with E-state index in [1.807, 2.05) is 42.5 Å². The molecular formula is C58H41N5O. The molecule has 7 aromatic carbocycles. The van der Waals surface area contributed by atoms with E-state index in [-0.39, 0.29) is 0 Å². The maximum absolute atomic E-state index is 6.59. The lowest BCUT2D eigenvalue weighted by Crippen LogP contribution is -2.23. The topological polar surface area (TPSA) is 60.0 Å². The standard InChI is InChI=1S/C58H41N5O/c1-38-35-36-46-45-27-12-16-33-52(45)63(51-32-15-11-26-44(51)43-25-9-8-24-42(43)39-19-4-2-5-20-39)53(46)37-62(50-31-14-10-23-41(38)50)58-60-56(40-21-6-3-7-22-40)59-57(61-58)49-30-18-29-48-47-28-13-17-34-54(47)64-55(48)49/h2-10,12-14,16-36H,1,11,15,37H2/b36-35-. The van der Waals surface area contributed by atoms with E-state index >= 15 is 0 Å². The largest absolute Gasteiger partial charge is 0.455 e. The zero-order valence-corrected chi connectivity index (χ0v) is 35.0. The van der Waals surface area contributed by atoms with Gasteiger partial charge in [0.15, 0.2) is 11.6 Å². The molecule has 304 valence electrons. The second-order valence-electron chi connectivity index (χ2n) is 16.3. The lowest BCUT2D eigenvalue weighted by atomic mass is 9.89. The second-order valence-corrected chi connectivity index (χ2v) is 16.3. The van der Waals surface area contributed by atoms with Gasteiger partial charge in [-0.25, -0.2) is 4.98 Å². The fourth-order valence-electron chi connectivity index (χ4n) is 9.56. The molecule has 0 saturated heterocycles. The average Bonchev–Trinajstić information content (AvgIpc) is 3.91. The Morgan fingerprint density at radius 1 is 0.500 bits per heavy atom. The van der Waals surface area contributed by atoms with E-state index in [0.717, 1.165) is 90.6 Å². The van der Waals surface area contributed by atoms with Gasteiger partial charge in [-0.15, -0.1) is 0 Å². The summed E-state index contributed by atoms with van der Waals surface area (Å²) < 4.78 is 9.08. The van der Waals surface area contributed by atoms with E-state index in [9.17, 15) is 0 Å². The zero-order chi connectivity index (χ0) is 42.6. The van der Waals surface area contributed by atoms with Crippen molar-refractivity contribution in [2.24, 2.45) is 0 Å². The molecule has 2 aliphatic rings. The minimum Gasteiger partial charge on any atom is -0.455 e. The Morgan fingerprint density at radius 2 is 1.14 bits per heavy atom. The SMILES string of the molecule is C=C1/C=C\c2c(n(C3=CCCC=C3c3ccccc3-c3ccccc3)c3ccccc23)CN(c2nc(-c3ccccc3)nc(-c3cccc4c3oc3ccccc34)n2)c2ccccc21. The highest BCUT2D eigenvalue weighted by atomic mass is 16.3. The molecule has 0 saturated carbocycles. The molecule has 0 spiro atoms. The molecule has 10 aromatic rings. The molecule has 12 rings (SSSR count). The number of aromatic nitrogens is 4. The highest BCUT2D eigenvalue weighted by Gasteiger charge is 2.29. The van der Waals surface area contributed by atoms with Crippen LogP contribution < -0.4 is 4.90 Å². The monoisotopic (exact) mass is 823 g/mol. The van der Waals surface area contributed by atoms with Crippen molar-refractivity contribution < 1.29 is 4.42 Å². The second kappa shape index (κ2) is 15.5. The van der Waals surface area contributed by atoms with Crippen molar-refractivity contribution >= 4 is 67.4 Å². The number of nitrogens with zero attached hydrogens (tertiary/aromatic N) is 5. The van der Waals surface area contributed by atoms with Crippen LogP contribution in [-0.4, -0.2) is 19.5 Å². The number of hydrogen-bond donors (Lipinski definition) is 0. The van der Waals surface area contributed by atoms with Gasteiger partial charge in [-0.3, -0.25) is 0 Å². The number of furan rings is 1. The van der Waals surface area contributed by atoms with Crippen molar-refractivity contribution in [2.75, 3.05) is 4.90 Å². The van der Waals surface area contributed by atoms with Gasteiger partial charge in [0.25, 0.3) is 0 Å². The van der Waals surface area contributed by atoms with E-state index in [0.29, 0.717) is 24.1 Å². The Bertz CT molecular complexity index is 3550. The van der Waals surface area contributed by atoms with Gasteiger partial charge < -0.3 is 13.9 Å². The minimum absolute atomic E-state index is 0.441. The van der Waals surface area contributed by atoms with Crippen LogP contribution in [0.15, 0.2) is 205 Å². The van der Waals surface area contributed by atoms with Gasteiger partial charge in [0.05, 0.1) is 29.0 Å². The number of rotatable bonds is 6. The number of anilines is 2. The molecular weight excluding hydrogens is 783 g/mol. The van der Waals surface area contributed by atoms with E-state index in [1.54, 1.807) is 0 Å². The van der Waals surface area contributed by atoms with Gasteiger partial charge in [-0.2, -0.15) is 9.97 Å². The molecule has 1 aliphatic carbocycles. The molecule has 0 N–H and O–H groups in total. The number of allylic oxidation sites excluding steroid dienone is 6. The van der Waals surface area contributed by atoms with E-state index in [1.165, 1.54) is 22.3 Å². The molecule has 64 heavy (non-hydrogen) atoms. The number of hydrogen-bond acceptors (Lipinski definition) is 5. The molecule has 4 heterocycles. The van der Waals surface area contributed by atoms with Gasteiger partial charge in [-0.1, -0.05) is 183 Å². The third-order valence-corrected chi connectivity index (χ3v) is 12.5. The van der Waals surface area contributed by atoms with Crippen molar-refractivity contribution in [2.45, 2.75) is 19.4 Å². The van der Waals surface area contributed by atoms with Gasteiger partial charge in [0, 0.05) is 44.1 Å². The maximum atomic E-state index is 6.59. The summed E-state index contributed by atoms with van der Waals surface area (Å²) in [5.41, 5.74) is 15.4. The first-order valence-electron chi connectivity index (χ1n) is 21.8. The zero-order valence-electron chi connectivity index (χ0n) is 35.0. The number of fused-ring (bicyclic) bond motifs is 7. The Kier molecular flexibility index (Phi) is 9.08. The van der Waals surface area contributed by atoms with Gasteiger partial charge in [-0.05, 0) is 59.4 Å². The summed E-state index contributed by atoms with van der Waals surface area (Å²) in [6.45, 7) is 5.09. The van der Waals surface area contributed by atoms with Crippen LogP contribution in [0.25, 0.3) is 89.7 Å². The van der Waals surface area contributed by atoms with Gasteiger partial charge >= 0.3 is 0 Å². The molecule has 3 aromatic heterocycles. The number of benzene rings is 7. The first-order valence-corrected chi connectivity index (χ1v) is 21.8. The minimum atomic E-state index is 0.441. The van der Waals surface area contributed by atoms with Crippen molar-refractivity contribution in [1.29, 1.82) is 0 Å². The molecule has 0 bridgehead atoms. The molecule has 0 amide bonds. The highest BCUT2D eigenvalue weighted by Crippen LogP contribution is 2.45. The van der Waals surface area contributed by atoms with Crippen LogP contribution in [-0.2, 0) is 6.54 Å². The normalized spacial score (nSPS) is 14.4. The average molecular weight is 824 g/mol.